The van der Waals surface area contributed by atoms with E-state index in [0.717, 1.165) is 16.0 Å². The molecule has 0 aromatic heterocycles. The van der Waals surface area contributed by atoms with Crippen molar-refractivity contribution in [2.75, 3.05) is 10.6 Å². The molecule has 0 aliphatic carbocycles. The van der Waals surface area contributed by atoms with Crippen molar-refractivity contribution in [3.05, 3.63) is 57.6 Å². The molecule has 2 heterocycles. The van der Waals surface area contributed by atoms with Crippen LogP contribution < -0.4 is 16.0 Å². The second-order valence-corrected chi connectivity index (χ2v) is 12.6. The van der Waals surface area contributed by atoms with Crippen LogP contribution >= 0.6 is 34.8 Å². The van der Waals surface area contributed by atoms with E-state index in [1.165, 1.54) is 34.6 Å². The summed E-state index contributed by atoms with van der Waals surface area (Å²) in [6, 6.07) is 9.41. The number of nitrogens with one attached hydrogen (secondary N) is 3. The van der Waals surface area contributed by atoms with Crippen molar-refractivity contribution >= 4 is 82.0 Å². The van der Waals surface area contributed by atoms with Gasteiger partial charge in [-0.25, -0.2) is 14.5 Å². The molecule has 6 amide bonds. The monoisotopic (exact) mass is 684 g/mol. The fourth-order valence-corrected chi connectivity index (χ4v) is 4.01. The summed E-state index contributed by atoms with van der Waals surface area (Å²) in [5.41, 5.74) is 0.786. The van der Waals surface area contributed by atoms with Crippen LogP contribution in [0.2, 0.25) is 10.0 Å². The van der Waals surface area contributed by atoms with E-state index >= 15 is 0 Å². The van der Waals surface area contributed by atoms with Crippen LogP contribution in [0.3, 0.4) is 0 Å². The summed E-state index contributed by atoms with van der Waals surface area (Å²) >= 11 is 17.3. The molecule has 2 saturated heterocycles. The molecule has 2 aromatic rings. The number of alkyl carbamates (subject to hydrolysis) is 1. The average molecular weight is 686 g/mol. The molecule has 3 N–H and O–H groups in total. The molecule has 45 heavy (non-hydrogen) atoms. The number of hydrogen-bond acceptors (Lipinski definition) is 8. The van der Waals surface area contributed by atoms with Gasteiger partial charge < -0.3 is 20.1 Å². The number of benzene rings is 2. The van der Waals surface area contributed by atoms with Crippen LogP contribution in [-0.4, -0.2) is 63.3 Å². The first-order valence-electron chi connectivity index (χ1n) is 13.6. The van der Waals surface area contributed by atoms with E-state index in [4.69, 9.17) is 39.5 Å². The van der Waals surface area contributed by atoms with Gasteiger partial charge in [0, 0.05) is 21.4 Å². The predicted molar refractivity (Wildman–Crippen MR) is 171 cm³/mol. The van der Waals surface area contributed by atoms with Crippen LogP contribution in [-0.2, 0) is 28.7 Å². The Hall–Kier alpha value is -3.87. The molecule has 2 fully saturated rings. The van der Waals surface area contributed by atoms with Gasteiger partial charge in [-0.2, -0.15) is 0 Å². The van der Waals surface area contributed by atoms with Gasteiger partial charge in [-0.05, 0) is 90.8 Å². The minimum atomic E-state index is -1.25. The number of alkyl halides is 1. The Morgan fingerprint density at radius 3 is 1.60 bits per heavy atom. The van der Waals surface area contributed by atoms with Crippen molar-refractivity contribution in [1.82, 2.24) is 10.2 Å². The summed E-state index contributed by atoms with van der Waals surface area (Å²) in [5.74, 6) is -1.64. The highest BCUT2D eigenvalue weighted by Crippen LogP contribution is 2.27. The van der Waals surface area contributed by atoms with Gasteiger partial charge >= 0.3 is 12.2 Å². The zero-order chi connectivity index (χ0) is 34.4. The summed E-state index contributed by atoms with van der Waals surface area (Å²) in [6.45, 7) is 12.8. The first-order valence-corrected chi connectivity index (χ1v) is 14.7. The maximum Gasteiger partial charge on any atom is 0.418 e. The highest BCUT2D eigenvalue weighted by molar-refractivity contribution is 6.33. The van der Waals surface area contributed by atoms with Crippen molar-refractivity contribution in [3.63, 3.8) is 0 Å². The summed E-state index contributed by atoms with van der Waals surface area (Å²) < 4.78 is 9.54. The Balaban J connectivity index is 0.000000261. The van der Waals surface area contributed by atoms with E-state index in [9.17, 15) is 28.8 Å². The molecule has 15 heteroatoms. The Morgan fingerprint density at radius 2 is 1.27 bits per heavy atom. The molecule has 2 aromatic carbocycles. The Kier molecular flexibility index (Phi) is 12.4. The number of nitrogens with zero attached hydrogens (tertiary/aromatic N) is 1. The van der Waals surface area contributed by atoms with Crippen LogP contribution in [0.5, 0.6) is 0 Å². The number of imide groups is 2. The van der Waals surface area contributed by atoms with Gasteiger partial charge in [0.15, 0.2) is 11.2 Å². The van der Waals surface area contributed by atoms with Gasteiger partial charge in [0.2, 0.25) is 11.8 Å². The van der Waals surface area contributed by atoms with Crippen molar-refractivity contribution in [1.29, 1.82) is 0 Å². The van der Waals surface area contributed by atoms with Gasteiger partial charge in [0.1, 0.15) is 11.4 Å². The van der Waals surface area contributed by atoms with Gasteiger partial charge in [0.25, 0.3) is 11.8 Å². The van der Waals surface area contributed by atoms with Crippen molar-refractivity contribution in [2.24, 2.45) is 0 Å². The Labute approximate surface area is 276 Å². The van der Waals surface area contributed by atoms with E-state index in [1.807, 2.05) is 25.2 Å². The van der Waals surface area contributed by atoms with E-state index in [-0.39, 0.29) is 11.8 Å². The summed E-state index contributed by atoms with van der Waals surface area (Å²) in [6.07, 6.45) is -1.48. The van der Waals surface area contributed by atoms with Crippen LogP contribution in [0.25, 0.3) is 0 Å². The second kappa shape index (κ2) is 14.9. The van der Waals surface area contributed by atoms with Gasteiger partial charge in [-0.15, -0.1) is 11.6 Å². The third-order valence-corrected chi connectivity index (χ3v) is 7.09. The van der Waals surface area contributed by atoms with Crippen molar-refractivity contribution in [3.8, 4) is 0 Å². The number of amides is 6. The smallest absolute Gasteiger partial charge is 0.418 e. The highest BCUT2D eigenvalue weighted by Gasteiger charge is 2.50. The fourth-order valence-electron chi connectivity index (χ4n) is 3.61. The lowest BCUT2D eigenvalue weighted by molar-refractivity contribution is -0.138. The Morgan fingerprint density at radius 1 is 0.800 bits per heavy atom. The van der Waals surface area contributed by atoms with E-state index < -0.39 is 46.6 Å². The molecular weight excluding hydrogens is 651 g/mol. The molecule has 0 bridgehead atoms. The minimum Gasteiger partial charge on any atom is -0.433 e. The lowest BCUT2D eigenvalue weighted by Gasteiger charge is -2.21. The number of aryl methyl sites for hydroxylation is 2. The van der Waals surface area contributed by atoms with Gasteiger partial charge in [-0.3, -0.25) is 24.5 Å². The van der Waals surface area contributed by atoms with Crippen LogP contribution in [0.4, 0.5) is 21.0 Å². The molecule has 2 aliphatic heterocycles. The zero-order valence-corrected chi connectivity index (χ0v) is 28.2. The zero-order valence-electron chi connectivity index (χ0n) is 26.0. The first-order chi connectivity index (χ1) is 20.7. The third-order valence-electron chi connectivity index (χ3n) is 6.43. The number of ether oxygens (including phenoxy) is 2. The number of anilines is 2. The van der Waals surface area contributed by atoms with Crippen LogP contribution in [0, 0.1) is 13.8 Å². The van der Waals surface area contributed by atoms with E-state index in [0.29, 0.717) is 21.4 Å². The predicted octanol–water partition coefficient (Wildman–Crippen LogP) is 5.98. The maximum absolute atomic E-state index is 12.3. The van der Waals surface area contributed by atoms with Crippen LogP contribution in [0.1, 0.15) is 52.7 Å². The lowest BCUT2D eigenvalue weighted by atomic mass is 10.1. The second-order valence-electron chi connectivity index (χ2n) is 11.1. The minimum absolute atomic E-state index is 0.225. The lowest BCUT2D eigenvalue weighted by Crippen LogP contribution is -2.47. The summed E-state index contributed by atoms with van der Waals surface area (Å²) in [5, 5.41) is 7.89. The largest absolute Gasteiger partial charge is 0.433 e. The quantitative estimate of drug-likeness (QED) is 0.324. The molecule has 2 aliphatic rings. The molecule has 12 nitrogen and oxygen atoms in total. The number of halogens is 3. The normalized spacial score (nSPS) is 17.4. The highest BCUT2D eigenvalue weighted by atomic mass is 35.5. The van der Waals surface area contributed by atoms with Crippen LogP contribution in [0.15, 0.2) is 36.4 Å². The number of cyclic esters (lactones) is 2. The topological polar surface area (TPSA) is 160 Å². The molecule has 0 spiro atoms. The summed E-state index contributed by atoms with van der Waals surface area (Å²) in [4.78, 5) is 69.3. The van der Waals surface area contributed by atoms with E-state index in [2.05, 4.69) is 15.4 Å². The fraction of sp³-hybridized carbons (Fsp3) is 0.400. The summed E-state index contributed by atoms with van der Waals surface area (Å²) in [7, 11) is 0. The molecular formula is C30H35Cl3N4O8. The number of rotatable bonds is 5. The standard InChI is InChI=1S/C15H17ClN2O4.C10H11Cl2NO.C5H7NO3/c1-8-5-6-10(16)7-11(8)17-12(19)9(2)18-13(20)15(3,4)22-14(18)21;1-6-3-4-8(12)5-9(6)13-10(14)7(2)11;1-5(2)3(7)6-4(8)9-5/h5-7,9H,1-4H3,(H,17,19);3-5,7H,1-2H3,(H,13,14);1-2H3,(H,6,7,8). The van der Waals surface area contributed by atoms with Crippen molar-refractivity contribution < 1.29 is 38.2 Å². The Bertz CT molecular complexity index is 1510. The van der Waals surface area contributed by atoms with Crippen molar-refractivity contribution in [2.45, 2.75) is 78.0 Å². The average Bonchev–Trinajstić information content (AvgIpc) is 3.29. The van der Waals surface area contributed by atoms with Gasteiger partial charge in [0.05, 0.1) is 0 Å². The van der Waals surface area contributed by atoms with E-state index in [1.54, 1.807) is 37.3 Å². The third kappa shape index (κ3) is 10.1. The number of carbonyl (C=O) groups is 6. The molecule has 0 saturated carbocycles. The number of carbonyl (C=O) groups excluding carboxylic acids is 6. The SMILES string of the molecule is CC1(C)OC(=O)NC1=O.Cc1ccc(Cl)cc1NC(=O)C(C)Cl.Cc1ccc(Cl)cc1NC(=O)C(C)N1C(=O)OC(C)(C)C1=O. The molecule has 2 atom stereocenters. The molecule has 4 rings (SSSR count). The first kappa shape index (κ1) is 37.3. The van der Waals surface area contributed by atoms with Gasteiger partial charge in [-0.1, -0.05) is 35.3 Å². The molecule has 2 unspecified atom stereocenters. The maximum atomic E-state index is 12.3. The number of hydrogen-bond donors (Lipinski definition) is 3. The molecule has 244 valence electrons. The molecule has 0 radical (unpaired) electrons.